The van der Waals surface area contributed by atoms with Gasteiger partial charge in [-0.25, -0.2) is 12.8 Å². The van der Waals surface area contributed by atoms with E-state index in [0.29, 0.717) is 19.5 Å². The van der Waals surface area contributed by atoms with Gasteiger partial charge in [0.25, 0.3) is 0 Å². The monoisotopic (exact) mass is 404 g/mol. The Morgan fingerprint density at radius 3 is 2.50 bits per heavy atom. The van der Waals surface area contributed by atoms with Crippen LogP contribution in [-0.4, -0.2) is 37.8 Å². The quantitative estimate of drug-likeness (QED) is 0.771. The molecule has 1 heterocycles. The summed E-state index contributed by atoms with van der Waals surface area (Å²) in [6, 6.07) is 14.3. The molecule has 5 nitrogen and oxygen atoms in total. The molecule has 1 atom stereocenters. The molecular weight excluding hydrogens is 379 g/mol. The van der Waals surface area contributed by atoms with Crippen LogP contribution in [0.1, 0.15) is 31.2 Å². The van der Waals surface area contributed by atoms with E-state index in [1.165, 1.54) is 16.4 Å². The largest absolute Gasteiger partial charge is 0.356 e. The van der Waals surface area contributed by atoms with E-state index in [1.54, 1.807) is 0 Å². The molecule has 2 aromatic carbocycles. The topological polar surface area (TPSA) is 66.5 Å². The summed E-state index contributed by atoms with van der Waals surface area (Å²) in [6.07, 6.45) is 3.15. The normalized spacial score (nSPS) is 18.0. The number of hydrogen-bond acceptors (Lipinski definition) is 3. The first-order chi connectivity index (χ1) is 13.5. The third-order valence-electron chi connectivity index (χ3n) is 4.99. The van der Waals surface area contributed by atoms with Crippen molar-refractivity contribution < 1.29 is 17.6 Å². The van der Waals surface area contributed by atoms with Crippen LogP contribution in [-0.2, 0) is 21.2 Å². The minimum absolute atomic E-state index is 0.0604. The molecule has 150 valence electrons. The number of nitrogens with zero attached hydrogens (tertiary/aromatic N) is 1. The Hall–Kier alpha value is -2.25. The Morgan fingerprint density at radius 2 is 1.79 bits per heavy atom. The van der Waals surface area contributed by atoms with Crippen LogP contribution in [0, 0.1) is 5.82 Å². The van der Waals surface area contributed by atoms with Gasteiger partial charge in [0.2, 0.25) is 15.9 Å². The maximum absolute atomic E-state index is 13.1. The zero-order chi connectivity index (χ0) is 20.0. The molecule has 0 aliphatic carbocycles. The fourth-order valence-corrected chi connectivity index (χ4v) is 5.21. The highest BCUT2D eigenvalue weighted by Crippen LogP contribution is 2.27. The smallest absolute Gasteiger partial charge is 0.243 e. The molecule has 1 unspecified atom stereocenters. The van der Waals surface area contributed by atoms with Gasteiger partial charge in [-0.2, -0.15) is 4.31 Å². The number of benzene rings is 2. The van der Waals surface area contributed by atoms with E-state index in [-0.39, 0.29) is 23.3 Å². The first-order valence-electron chi connectivity index (χ1n) is 9.55. The van der Waals surface area contributed by atoms with Crippen molar-refractivity contribution >= 4 is 15.9 Å². The lowest BCUT2D eigenvalue weighted by atomic mass is 10.0. The van der Waals surface area contributed by atoms with E-state index < -0.39 is 15.8 Å². The van der Waals surface area contributed by atoms with Crippen LogP contribution < -0.4 is 5.32 Å². The van der Waals surface area contributed by atoms with Crippen molar-refractivity contribution in [3.8, 4) is 0 Å². The third-order valence-corrected chi connectivity index (χ3v) is 6.96. The van der Waals surface area contributed by atoms with Crippen molar-refractivity contribution in [2.24, 2.45) is 0 Å². The molecule has 0 radical (unpaired) electrons. The zero-order valence-electron chi connectivity index (χ0n) is 15.7. The Balaban J connectivity index is 1.61. The molecule has 3 rings (SSSR count). The number of piperidine rings is 1. The Kier molecular flexibility index (Phi) is 6.80. The second-order valence-corrected chi connectivity index (χ2v) is 8.90. The van der Waals surface area contributed by atoms with Gasteiger partial charge >= 0.3 is 0 Å². The molecule has 0 bridgehead atoms. The number of hydrogen-bond donors (Lipinski definition) is 1. The Labute approximate surface area is 165 Å². The van der Waals surface area contributed by atoms with Crippen LogP contribution in [0.25, 0.3) is 0 Å². The minimum atomic E-state index is -3.75. The fourth-order valence-electron chi connectivity index (χ4n) is 3.51. The van der Waals surface area contributed by atoms with E-state index in [0.717, 1.165) is 37.0 Å². The summed E-state index contributed by atoms with van der Waals surface area (Å²) < 4.78 is 40.5. The maximum atomic E-state index is 13.1. The van der Waals surface area contributed by atoms with Gasteiger partial charge < -0.3 is 5.32 Å². The van der Waals surface area contributed by atoms with Gasteiger partial charge in [0.15, 0.2) is 0 Å². The van der Waals surface area contributed by atoms with Crippen LogP contribution in [0.2, 0.25) is 0 Å². The van der Waals surface area contributed by atoms with Gasteiger partial charge in [-0.1, -0.05) is 36.8 Å². The lowest BCUT2D eigenvalue weighted by Crippen LogP contribution is -2.46. The maximum Gasteiger partial charge on any atom is 0.243 e. The second-order valence-electron chi connectivity index (χ2n) is 7.01. The van der Waals surface area contributed by atoms with Crippen LogP contribution in [0.3, 0.4) is 0 Å². The van der Waals surface area contributed by atoms with E-state index in [4.69, 9.17) is 0 Å². The first kappa shape index (κ1) is 20.5. The molecule has 1 saturated heterocycles. The number of carbonyl (C=O) groups excluding carboxylic acids is 1. The van der Waals surface area contributed by atoms with Gasteiger partial charge in [-0.05, 0) is 49.1 Å². The van der Waals surface area contributed by atoms with E-state index in [2.05, 4.69) is 5.32 Å². The number of carbonyl (C=O) groups is 1. The molecule has 1 aliphatic heterocycles. The average Bonchev–Trinajstić information content (AvgIpc) is 2.69. The Bertz CT molecular complexity index is 886. The molecule has 7 heteroatoms. The molecule has 1 N–H and O–H groups in total. The molecule has 1 fully saturated rings. The molecule has 0 aromatic heterocycles. The minimum Gasteiger partial charge on any atom is -0.356 e. The van der Waals surface area contributed by atoms with Gasteiger partial charge in [-0.3, -0.25) is 4.79 Å². The number of amides is 1. The highest BCUT2D eigenvalue weighted by atomic mass is 32.2. The SMILES string of the molecule is O=C(CC1CCCCN1S(=O)(=O)c1ccc(F)cc1)NCCc1ccccc1. The van der Waals surface area contributed by atoms with Crippen molar-refractivity contribution in [3.63, 3.8) is 0 Å². The van der Waals surface area contributed by atoms with E-state index in [9.17, 15) is 17.6 Å². The first-order valence-corrected chi connectivity index (χ1v) is 11.0. The van der Waals surface area contributed by atoms with Gasteiger partial charge in [0, 0.05) is 25.6 Å². The van der Waals surface area contributed by atoms with Crippen molar-refractivity contribution in [2.75, 3.05) is 13.1 Å². The Morgan fingerprint density at radius 1 is 1.07 bits per heavy atom. The van der Waals surface area contributed by atoms with Crippen LogP contribution in [0.5, 0.6) is 0 Å². The average molecular weight is 405 g/mol. The van der Waals surface area contributed by atoms with Crippen LogP contribution >= 0.6 is 0 Å². The molecular formula is C21H25FN2O3S. The number of halogens is 1. The summed E-state index contributed by atoms with van der Waals surface area (Å²) in [5.41, 5.74) is 1.14. The highest BCUT2D eigenvalue weighted by molar-refractivity contribution is 7.89. The van der Waals surface area contributed by atoms with Gasteiger partial charge in [-0.15, -0.1) is 0 Å². The molecule has 1 aliphatic rings. The summed E-state index contributed by atoms with van der Waals surface area (Å²) >= 11 is 0. The number of rotatable bonds is 7. The second kappa shape index (κ2) is 9.30. The summed E-state index contributed by atoms with van der Waals surface area (Å²) in [6.45, 7) is 0.891. The number of nitrogens with one attached hydrogen (secondary N) is 1. The summed E-state index contributed by atoms with van der Waals surface area (Å²) in [7, 11) is -3.75. The van der Waals surface area contributed by atoms with Crippen LogP contribution in [0.4, 0.5) is 4.39 Å². The van der Waals surface area contributed by atoms with Gasteiger partial charge in [0.1, 0.15) is 5.82 Å². The molecule has 2 aromatic rings. The van der Waals surface area contributed by atoms with E-state index in [1.807, 2.05) is 30.3 Å². The van der Waals surface area contributed by atoms with Crippen molar-refractivity contribution in [1.29, 1.82) is 0 Å². The summed E-state index contributed by atoms with van der Waals surface area (Å²) in [5.74, 6) is -0.630. The van der Waals surface area contributed by atoms with Gasteiger partial charge in [0.05, 0.1) is 4.90 Å². The molecule has 0 saturated carbocycles. The lowest BCUT2D eigenvalue weighted by molar-refractivity contribution is -0.122. The van der Waals surface area contributed by atoms with Crippen molar-refractivity contribution in [2.45, 2.75) is 43.0 Å². The molecule has 0 spiro atoms. The fraction of sp³-hybridized carbons (Fsp3) is 0.381. The summed E-state index contributed by atoms with van der Waals surface area (Å²) in [4.78, 5) is 12.4. The predicted molar refractivity (Wildman–Crippen MR) is 106 cm³/mol. The lowest BCUT2D eigenvalue weighted by Gasteiger charge is -2.34. The number of sulfonamides is 1. The molecule has 1 amide bonds. The van der Waals surface area contributed by atoms with Crippen molar-refractivity contribution in [3.05, 3.63) is 66.0 Å². The molecule has 28 heavy (non-hydrogen) atoms. The zero-order valence-corrected chi connectivity index (χ0v) is 16.5. The van der Waals surface area contributed by atoms with Crippen molar-refractivity contribution in [1.82, 2.24) is 9.62 Å². The highest BCUT2D eigenvalue weighted by Gasteiger charge is 2.34. The summed E-state index contributed by atoms with van der Waals surface area (Å²) in [5, 5.41) is 2.89. The van der Waals surface area contributed by atoms with Crippen LogP contribution in [0.15, 0.2) is 59.5 Å². The standard InChI is InChI=1S/C21H25FN2O3S/c22-18-9-11-20(12-10-18)28(26,27)24-15-5-4-8-19(24)16-21(25)23-14-13-17-6-2-1-3-7-17/h1-3,6-7,9-12,19H,4-5,8,13-16H2,(H,23,25). The predicted octanol–water partition coefficient (Wildman–Crippen LogP) is 3.12. The van der Waals surface area contributed by atoms with E-state index >= 15 is 0 Å². The third kappa shape index (κ3) is 5.17.